The zero-order chi connectivity index (χ0) is 78.5. The number of nitrogens with zero attached hydrogens (tertiary/aromatic N) is 2. The van der Waals surface area contributed by atoms with E-state index in [1.807, 2.05) is 79.7 Å². The van der Waals surface area contributed by atoms with Crippen LogP contribution in [0.4, 0.5) is 0 Å². The van der Waals surface area contributed by atoms with Crippen molar-refractivity contribution in [2.45, 2.75) is 82.9 Å². The van der Waals surface area contributed by atoms with E-state index in [0.29, 0.717) is 91.5 Å². The van der Waals surface area contributed by atoms with Crippen molar-refractivity contribution in [2.75, 3.05) is 203 Å². The molecule has 4 aromatic rings. The first-order chi connectivity index (χ1) is 52.6. The van der Waals surface area contributed by atoms with E-state index in [2.05, 4.69) is 19.5 Å². The van der Waals surface area contributed by atoms with Crippen LogP contribution in [0.25, 0.3) is 33.4 Å². The highest BCUT2D eigenvalue weighted by atomic mass is 32.2. The van der Waals surface area contributed by atoms with Gasteiger partial charge >= 0.3 is 0 Å². The molecule has 4 unspecified atom stereocenters. The zero-order valence-electron chi connectivity index (χ0n) is 63.0. The largest absolute Gasteiger partial charge is 0.463 e. The number of methoxy groups -OCH3 is 4. The topological polar surface area (TPSA) is 379 Å². The predicted octanol–water partition coefficient (Wildman–Crippen LogP) is 4.60. The standard InChI is InChI=1S/C74H108N6O25S4/c1-6-27-79(29-37-100-45-41-96-5)109(91,92)49-10-33-105-74-67-53-59(15-19-63(67)61-17-12-57(54-101-55-81)51-65(61)72(74)103-31-8-47-107(87,88)77-25-35-98-43-39-94-3)58-14-18-62-60-16-11-56(13-20-68(82)75-23-28-80-69(83)21-22-70(80)84)50-64(60)71(102-30-7-46-106(85,86)76-24-34-97-42-38-93-2)73(66(62)52-58)104-32-9-48-108(89,90)78-26-36-99-44-40-95-4/h11-12,14-19,21-22,50-53,55,71-74,76-78H,6-10,13,20,23-49,54H2,1-5H3,(H,75,82). The summed E-state index contributed by atoms with van der Waals surface area (Å²) < 4.78 is 192. The minimum Gasteiger partial charge on any atom is -0.463 e. The molecule has 0 bridgehead atoms. The third-order valence-electron chi connectivity index (χ3n) is 17.7. The van der Waals surface area contributed by atoms with Gasteiger partial charge < -0.3 is 66.9 Å². The van der Waals surface area contributed by atoms with Gasteiger partial charge in [0.25, 0.3) is 18.3 Å². The van der Waals surface area contributed by atoms with Gasteiger partial charge in [-0.05, 0) is 123 Å². The smallest absolute Gasteiger partial charge is 0.293 e. The number of carbonyl (C=O) groups excluding carboxylic acids is 4. The Morgan fingerprint density at radius 2 is 0.844 bits per heavy atom. The molecule has 1 aliphatic heterocycles. The first kappa shape index (κ1) is 90.1. The molecule has 608 valence electrons. The van der Waals surface area contributed by atoms with Crippen molar-refractivity contribution in [3.05, 3.63) is 118 Å². The minimum atomic E-state index is -3.83. The Balaban J connectivity index is 1.28. The van der Waals surface area contributed by atoms with Gasteiger partial charge in [0.1, 0.15) is 31.0 Å². The van der Waals surface area contributed by atoms with Crippen molar-refractivity contribution >= 4 is 64.3 Å². The highest BCUT2D eigenvalue weighted by Crippen LogP contribution is 2.52. The lowest BCUT2D eigenvalue weighted by molar-refractivity contribution is -0.137. The van der Waals surface area contributed by atoms with Gasteiger partial charge in [-0.1, -0.05) is 61.5 Å². The number of amides is 3. The molecule has 0 spiro atoms. The van der Waals surface area contributed by atoms with Crippen molar-refractivity contribution in [3.63, 3.8) is 0 Å². The molecule has 35 heteroatoms. The molecule has 4 aromatic carbocycles. The average molecular weight is 1610 g/mol. The highest BCUT2D eigenvalue weighted by molar-refractivity contribution is 7.90. The van der Waals surface area contributed by atoms with E-state index in [9.17, 15) is 52.8 Å². The first-order valence-electron chi connectivity index (χ1n) is 36.6. The molecule has 109 heavy (non-hydrogen) atoms. The molecular formula is C74H108N6O25S4. The van der Waals surface area contributed by atoms with Crippen molar-refractivity contribution in [2.24, 2.45) is 0 Å². The van der Waals surface area contributed by atoms with E-state index in [-0.39, 0.29) is 186 Å². The number of rotatable bonds is 60. The van der Waals surface area contributed by atoms with Crippen LogP contribution in [0, 0.1) is 0 Å². The number of hydrogen-bond acceptors (Lipinski definition) is 25. The van der Waals surface area contributed by atoms with Gasteiger partial charge in [0, 0.05) is 119 Å². The Morgan fingerprint density at radius 3 is 1.26 bits per heavy atom. The summed E-state index contributed by atoms with van der Waals surface area (Å²) in [4.78, 5) is 50.3. The van der Waals surface area contributed by atoms with Gasteiger partial charge in [0.15, 0.2) is 0 Å². The lowest BCUT2D eigenvalue weighted by Gasteiger charge is -2.37. The van der Waals surface area contributed by atoms with E-state index in [0.717, 1.165) is 32.7 Å². The minimum absolute atomic E-state index is 0.00895. The third kappa shape index (κ3) is 29.7. The van der Waals surface area contributed by atoms with Crippen molar-refractivity contribution < 1.29 is 114 Å². The number of sulfonamides is 4. The maximum Gasteiger partial charge on any atom is 0.293 e. The lowest BCUT2D eigenvalue weighted by atomic mass is 9.78. The van der Waals surface area contributed by atoms with Crippen LogP contribution in [0.1, 0.15) is 103 Å². The Morgan fingerprint density at radius 1 is 0.459 bits per heavy atom. The van der Waals surface area contributed by atoms with E-state index < -0.39 is 76.3 Å². The second kappa shape index (κ2) is 47.4. The maximum atomic E-state index is 14.1. The van der Waals surface area contributed by atoms with Crippen LogP contribution in [-0.2, 0) is 134 Å². The number of ether oxygens (including phenoxy) is 13. The average Bonchev–Trinajstić information content (AvgIpc) is 1.20. The summed E-state index contributed by atoms with van der Waals surface area (Å²) in [7, 11) is -9.13. The fourth-order valence-corrected chi connectivity index (χ4v) is 17.1. The van der Waals surface area contributed by atoms with Crippen LogP contribution in [-0.4, -0.2) is 270 Å². The third-order valence-corrected chi connectivity index (χ3v) is 24.1. The SMILES string of the molecule is CCCN(CCOCCOC)S(=O)(=O)CCCOC1c2cc(-c3ccc4c(c3)C(OCCCS(=O)(=O)NCCOCCOC)C(OCCCS(=O)(=O)NCCOCCOC)c3cc(CCC(=O)NCCN5C(=O)C=CC5=O)ccc3-4)ccc2-c2ccc(COC=O)cc2C1OCCCS(=O)(=O)NCCOCCOC. The van der Waals surface area contributed by atoms with E-state index in [1.165, 1.54) is 37.8 Å². The molecule has 3 amide bonds. The summed E-state index contributed by atoms with van der Waals surface area (Å²) in [6.45, 7) is 5.42. The van der Waals surface area contributed by atoms with E-state index in [4.69, 9.17) is 61.6 Å². The van der Waals surface area contributed by atoms with Crippen LogP contribution in [0.5, 0.6) is 0 Å². The van der Waals surface area contributed by atoms with E-state index >= 15 is 0 Å². The Bertz CT molecular complexity index is 4000. The van der Waals surface area contributed by atoms with Crippen molar-refractivity contribution in [1.82, 2.24) is 28.7 Å². The molecular weight excluding hydrogens is 1500 g/mol. The number of imide groups is 1. The van der Waals surface area contributed by atoms with Crippen LogP contribution < -0.4 is 19.5 Å². The summed E-state index contributed by atoms with van der Waals surface area (Å²) in [6.07, 6.45) is -0.482. The van der Waals surface area contributed by atoms with Gasteiger partial charge in [-0.2, -0.15) is 4.31 Å². The fraction of sp³-hybridized carbons (Fsp3) is 0.595. The molecule has 4 N–H and O–H groups in total. The fourth-order valence-electron chi connectivity index (χ4n) is 12.4. The van der Waals surface area contributed by atoms with Gasteiger partial charge in [-0.3, -0.25) is 24.1 Å². The number of aryl methyl sites for hydroxylation is 1. The monoisotopic (exact) mass is 1610 g/mol. The normalized spacial score (nSPS) is 16.4. The molecule has 0 saturated heterocycles. The van der Waals surface area contributed by atoms with Gasteiger partial charge in [-0.15, -0.1) is 0 Å². The molecule has 1 heterocycles. The van der Waals surface area contributed by atoms with Crippen molar-refractivity contribution in [3.8, 4) is 33.4 Å². The molecule has 4 atom stereocenters. The first-order valence-corrected chi connectivity index (χ1v) is 43.2. The molecule has 7 rings (SSSR count). The number of carbonyl (C=O) groups is 4. The Hall–Kier alpha value is -6.14. The molecule has 0 aromatic heterocycles. The molecule has 0 radical (unpaired) electrons. The van der Waals surface area contributed by atoms with Gasteiger partial charge in [-0.25, -0.2) is 47.8 Å². The van der Waals surface area contributed by atoms with Crippen LogP contribution in [0.2, 0.25) is 0 Å². The van der Waals surface area contributed by atoms with Crippen LogP contribution in [0.15, 0.2) is 84.9 Å². The molecule has 3 aliphatic rings. The molecule has 0 fully saturated rings. The Labute approximate surface area is 641 Å². The van der Waals surface area contributed by atoms with Gasteiger partial charge in [0.2, 0.25) is 46.0 Å². The predicted molar refractivity (Wildman–Crippen MR) is 406 cm³/mol. The summed E-state index contributed by atoms with van der Waals surface area (Å²) in [5.74, 6) is -2.45. The van der Waals surface area contributed by atoms with Gasteiger partial charge in [0.05, 0.1) is 102 Å². The number of nitrogens with one attached hydrogen (secondary N) is 4. The highest BCUT2D eigenvalue weighted by Gasteiger charge is 2.39. The Kier molecular flexibility index (Phi) is 39.2. The van der Waals surface area contributed by atoms with Crippen molar-refractivity contribution in [1.29, 1.82) is 0 Å². The molecule has 31 nitrogen and oxygen atoms in total. The lowest BCUT2D eigenvalue weighted by Crippen LogP contribution is -2.38. The second-order valence-electron chi connectivity index (χ2n) is 25.7. The van der Waals surface area contributed by atoms with E-state index in [1.54, 1.807) is 7.11 Å². The summed E-state index contributed by atoms with van der Waals surface area (Å²) in [5, 5.41) is 2.79. The molecule has 2 aliphatic carbocycles. The van der Waals surface area contributed by atoms with Crippen LogP contribution >= 0.6 is 0 Å². The number of benzene rings is 4. The number of hydrogen-bond donors (Lipinski definition) is 4. The second-order valence-corrected chi connectivity index (χ2v) is 33.6. The quantitative estimate of drug-likeness (QED) is 0.0266. The zero-order valence-corrected chi connectivity index (χ0v) is 66.2. The number of fused-ring (bicyclic) bond motifs is 6. The summed E-state index contributed by atoms with van der Waals surface area (Å²) in [5.41, 5.74) is 8.20. The van der Waals surface area contributed by atoms with Crippen LogP contribution in [0.3, 0.4) is 0 Å². The summed E-state index contributed by atoms with van der Waals surface area (Å²) >= 11 is 0. The summed E-state index contributed by atoms with van der Waals surface area (Å²) in [6, 6.07) is 22.9. The molecule has 0 saturated carbocycles. The maximum absolute atomic E-state index is 14.1.